The first-order chi connectivity index (χ1) is 12.6. The minimum absolute atomic E-state index is 0.0586. The molecule has 0 aromatic carbocycles. The van der Waals surface area contributed by atoms with Gasteiger partial charge in [0.15, 0.2) is 5.89 Å². The van der Waals surface area contributed by atoms with E-state index in [2.05, 4.69) is 29.9 Å². The molecule has 26 heavy (non-hydrogen) atoms. The highest BCUT2D eigenvalue weighted by atomic mass is 16.4. The lowest BCUT2D eigenvalue weighted by Gasteiger charge is -2.26. The predicted octanol–water partition coefficient (Wildman–Crippen LogP) is 3.74. The predicted molar refractivity (Wildman–Crippen MR) is 99.0 cm³/mol. The van der Waals surface area contributed by atoms with E-state index in [0.717, 1.165) is 49.4 Å². The molecule has 0 bridgehead atoms. The molecule has 0 saturated heterocycles. The van der Waals surface area contributed by atoms with Crippen LogP contribution in [0.25, 0.3) is 0 Å². The largest absolute Gasteiger partial charge is 0.445 e. The monoisotopic (exact) mass is 353 g/mol. The molecule has 5 nitrogen and oxygen atoms in total. The van der Waals surface area contributed by atoms with Gasteiger partial charge >= 0.3 is 0 Å². The van der Waals surface area contributed by atoms with Gasteiger partial charge in [-0.05, 0) is 49.7 Å². The number of fused-ring (bicyclic) bond motifs is 2. The molecule has 1 amide bonds. The summed E-state index contributed by atoms with van der Waals surface area (Å²) < 4.78 is 5.90. The number of nitrogens with zero attached hydrogens (tertiary/aromatic N) is 3. The Morgan fingerprint density at radius 2 is 2.08 bits per heavy atom. The number of pyridine rings is 1. The van der Waals surface area contributed by atoms with Crippen LogP contribution in [-0.2, 0) is 32.2 Å². The van der Waals surface area contributed by atoms with E-state index in [4.69, 9.17) is 4.42 Å². The Hall–Kier alpha value is -2.17. The van der Waals surface area contributed by atoms with Crippen LogP contribution in [0.4, 0.5) is 0 Å². The zero-order valence-corrected chi connectivity index (χ0v) is 15.8. The summed E-state index contributed by atoms with van der Waals surface area (Å²) in [4.78, 5) is 24.0. The molecule has 0 fully saturated rings. The first kappa shape index (κ1) is 17.3. The average molecular weight is 353 g/mol. The number of carbonyl (C=O) groups excluding carboxylic acids is 1. The lowest BCUT2D eigenvalue weighted by atomic mass is 9.95. The van der Waals surface area contributed by atoms with Crippen molar-refractivity contribution in [2.24, 2.45) is 5.92 Å². The molecule has 0 spiro atoms. The van der Waals surface area contributed by atoms with Gasteiger partial charge in [-0.15, -0.1) is 0 Å². The van der Waals surface area contributed by atoms with Crippen LogP contribution in [0.1, 0.15) is 72.1 Å². The Kier molecular flexibility index (Phi) is 4.79. The summed E-state index contributed by atoms with van der Waals surface area (Å²) in [6.45, 7) is 5.63. The summed E-state index contributed by atoms with van der Waals surface area (Å²) in [5.41, 5.74) is 4.05. The van der Waals surface area contributed by atoms with Gasteiger partial charge in [0, 0.05) is 31.3 Å². The van der Waals surface area contributed by atoms with Gasteiger partial charge in [0.25, 0.3) is 5.91 Å². The van der Waals surface area contributed by atoms with Crippen molar-refractivity contribution in [2.75, 3.05) is 6.54 Å². The molecule has 0 N–H and O–H groups in total. The summed E-state index contributed by atoms with van der Waals surface area (Å²) in [6.07, 6.45) is 8.90. The van der Waals surface area contributed by atoms with E-state index in [1.807, 2.05) is 4.90 Å². The van der Waals surface area contributed by atoms with Crippen molar-refractivity contribution in [3.63, 3.8) is 0 Å². The van der Waals surface area contributed by atoms with Gasteiger partial charge in [0.1, 0.15) is 11.5 Å². The van der Waals surface area contributed by atoms with Crippen LogP contribution in [0, 0.1) is 5.92 Å². The van der Waals surface area contributed by atoms with Gasteiger partial charge in [-0.1, -0.05) is 13.8 Å². The Labute approximate surface area is 154 Å². The van der Waals surface area contributed by atoms with Crippen molar-refractivity contribution in [3.8, 4) is 0 Å². The van der Waals surface area contributed by atoms with Crippen LogP contribution < -0.4 is 0 Å². The SMILES string of the molecule is CC(C)CCc1nc2c(o1)CCN(C(=O)c1cnc3c(c1)CCCC3)C2. The highest BCUT2D eigenvalue weighted by Gasteiger charge is 2.27. The summed E-state index contributed by atoms with van der Waals surface area (Å²) in [7, 11) is 0. The number of aromatic nitrogens is 2. The third kappa shape index (κ3) is 3.53. The lowest BCUT2D eigenvalue weighted by Crippen LogP contribution is -2.36. The molecule has 0 unspecified atom stereocenters. The Morgan fingerprint density at radius 1 is 1.23 bits per heavy atom. The molecule has 2 aromatic heterocycles. The van der Waals surface area contributed by atoms with Crippen LogP contribution in [0.15, 0.2) is 16.7 Å². The first-order valence-electron chi connectivity index (χ1n) is 9.84. The summed E-state index contributed by atoms with van der Waals surface area (Å²) >= 11 is 0. The maximum Gasteiger partial charge on any atom is 0.255 e. The molecule has 2 aliphatic rings. The topological polar surface area (TPSA) is 59.2 Å². The van der Waals surface area contributed by atoms with E-state index in [9.17, 15) is 4.79 Å². The van der Waals surface area contributed by atoms with Gasteiger partial charge in [-0.25, -0.2) is 4.98 Å². The first-order valence-corrected chi connectivity index (χ1v) is 9.84. The van der Waals surface area contributed by atoms with Crippen molar-refractivity contribution in [2.45, 2.75) is 65.3 Å². The fourth-order valence-electron chi connectivity index (χ4n) is 3.83. The van der Waals surface area contributed by atoms with Crippen LogP contribution in [0.2, 0.25) is 0 Å². The quantitative estimate of drug-likeness (QED) is 0.840. The summed E-state index contributed by atoms with van der Waals surface area (Å²) in [5, 5.41) is 0. The number of hydrogen-bond donors (Lipinski definition) is 0. The molecule has 138 valence electrons. The van der Waals surface area contributed by atoms with Crippen LogP contribution >= 0.6 is 0 Å². The number of amides is 1. The van der Waals surface area contributed by atoms with Gasteiger partial charge in [0.05, 0.1) is 12.1 Å². The van der Waals surface area contributed by atoms with Crippen LogP contribution in [-0.4, -0.2) is 27.3 Å². The van der Waals surface area contributed by atoms with Crippen molar-refractivity contribution in [1.82, 2.24) is 14.9 Å². The van der Waals surface area contributed by atoms with Crippen molar-refractivity contribution >= 4 is 5.91 Å². The fraction of sp³-hybridized carbons (Fsp3) is 0.571. The van der Waals surface area contributed by atoms with E-state index in [1.165, 1.54) is 24.1 Å². The van der Waals surface area contributed by atoms with E-state index < -0.39 is 0 Å². The molecule has 4 rings (SSSR count). The van der Waals surface area contributed by atoms with Crippen molar-refractivity contribution in [3.05, 3.63) is 46.4 Å². The number of carbonyl (C=O) groups is 1. The van der Waals surface area contributed by atoms with E-state index in [1.54, 1.807) is 6.20 Å². The molecule has 5 heteroatoms. The normalized spacial score (nSPS) is 16.5. The number of hydrogen-bond acceptors (Lipinski definition) is 4. The van der Waals surface area contributed by atoms with Crippen molar-refractivity contribution < 1.29 is 9.21 Å². The number of rotatable bonds is 4. The Morgan fingerprint density at radius 3 is 2.92 bits per heavy atom. The molecule has 0 radical (unpaired) electrons. The fourth-order valence-corrected chi connectivity index (χ4v) is 3.83. The van der Waals surface area contributed by atoms with Crippen molar-refractivity contribution in [1.29, 1.82) is 0 Å². The van der Waals surface area contributed by atoms with E-state index in [-0.39, 0.29) is 5.91 Å². The molecule has 0 saturated carbocycles. The third-order valence-electron chi connectivity index (χ3n) is 5.41. The zero-order chi connectivity index (χ0) is 18.1. The number of oxazole rings is 1. The van der Waals surface area contributed by atoms with E-state index in [0.29, 0.717) is 24.6 Å². The highest BCUT2D eigenvalue weighted by molar-refractivity contribution is 5.94. The zero-order valence-electron chi connectivity index (χ0n) is 15.8. The molecule has 2 aromatic rings. The highest BCUT2D eigenvalue weighted by Crippen LogP contribution is 2.24. The van der Waals surface area contributed by atoms with Gasteiger partial charge < -0.3 is 9.32 Å². The molecule has 3 heterocycles. The second-order valence-corrected chi connectivity index (χ2v) is 7.92. The molecular weight excluding hydrogens is 326 g/mol. The van der Waals surface area contributed by atoms with Gasteiger partial charge in [-0.3, -0.25) is 9.78 Å². The van der Waals surface area contributed by atoms with Crippen LogP contribution in [0.3, 0.4) is 0 Å². The lowest BCUT2D eigenvalue weighted by molar-refractivity contribution is 0.0727. The summed E-state index contributed by atoms with van der Waals surface area (Å²) in [6, 6.07) is 2.05. The van der Waals surface area contributed by atoms with E-state index >= 15 is 0 Å². The van der Waals surface area contributed by atoms with Gasteiger partial charge in [0.2, 0.25) is 0 Å². The Balaban J connectivity index is 1.47. The second-order valence-electron chi connectivity index (χ2n) is 7.92. The van der Waals surface area contributed by atoms with Crippen LogP contribution in [0.5, 0.6) is 0 Å². The molecule has 1 aliphatic carbocycles. The maximum absolute atomic E-state index is 12.9. The number of aryl methyl sites for hydroxylation is 3. The molecular formula is C21H27N3O2. The minimum atomic E-state index is 0.0586. The Bertz CT molecular complexity index is 810. The molecule has 0 atom stereocenters. The summed E-state index contributed by atoms with van der Waals surface area (Å²) in [5.74, 6) is 2.46. The average Bonchev–Trinajstić information content (AvgIpc) is 3.07. The van der Waals surface area contributed by atoms with Gasteiger partial charge in [-0.2, -0.15) is 0 Å². The third-order valence-corrected chi connectivity index (χ3v) is 5.41. The maximum atomic E-state index is 12.9. The second kappa shape index (κ2) is 7.22. The molecule has 1 aliphatic heterocycles. The smallest absolute Gasteiger partial charge is 0.255 e. The minimum Gasteiger partial charge on any atom is -0.445 e. The standard InChI is InChI=1S/C21H27N3O2/c1-14(2)7-8-20-23-18-13-24(10-9-19(18)26-20)21(25)16-11-15-5-3-4-6-17(15)22-12-16/h11-12,14H,3-10,13H2,1-2H3.